The Morgan fingerprint density at radius 1 is 1.20 bits per heavy atom. The van der Waals surface area contributed by atoms with Crippen LogP contribution in [0.25, 0.3) is 0 Å². The van der Waals surface area contributed by atoms with Crippen molar-refractivity contribution >= 4 is 21.8 Å². The molecule has 0 unspecified atom stereocenters. The van der Waals surface area contributed by atoms with E-state index in [0.717, 1.165) is 31.7 Å². The number of benzene rings is 1. The summed E-state index contributed by atoms with van der Waals surface area (Å²) in [4.78, 5) is 16.9. The zero-order chi connectivity index (χ0) is 17.8. The van der Waals surface area contributed by atoms with Crippen molar-refractivity contribution in [2.75, 3.05) is 39.8 Å². The molecule has 1 saturated heterocycles. The van der Waals surface area contributed by atoms with Gasteiger partial charge in [0, 0.05) is 32.7 Å². The number of hydrogen-bond acceptors (Lipinski definition) is 4. The molecule has 0 aliphatic carbocycles. The van der Waals surface area contributed by atoms with Crippen molar-refractivity contribution in [3.63, 3.8) is 0 Å². The quantitative estimate of drug-likeness (QED) is 0.824. The van der Waals surface area contributed by atoms with E-state index in [1.54, 1.807) is 24.3 Å². The van der Waals surface area contributed by atoms with E-state index in [9.17, 15) is 9.18 Å². The largest absolute Gasteiger partial charge is 0.444 e. The summed E-state index contributed by atoms with van der Waals surface area (Å²) < 4.78 is 19.1. The number of nitrogens with zero attached hydrogens (tertiary/aromatic N) is 2. The Bertz CT molecular complexity index is 711. The molecule has 2 aromatic rings. The number of rotatable bonds is 5. The number of likely N-dealkylation sites (N-methyl/N-ethyl adjacent to an activating group) is 1. The first-order chi connectivity index (χ1) is 12.0. The number of halogens is 2. The van der Waals surface area contributed by atoms with E-state index in [1.807, 2.05) is 0 Å². The molecular weight excluding hydrogens is 389 g/mol. The molecule has 1 aromatic heterocycles. The van der Waals surface area contributed by atoms with Crippen LogP contribution in [0, 0.1) is 5.82 Å². The van der Waals surface area contributed by atoms with Gasteiger partial charge < -0.3 is 14.6 Å². The van der Waals surface area contributed by atoms with Crippen LogP contribution in [-0.4, -0.2) is 55.5 Å². The molecule has 25 heavy (non-hydrogen) atoms. The summed E-state index contributed by atoms with van der Waals surface area (Å²) in [5.74, 6) is -0.250. The number of piperazine rings is 1. The Kier molecular flexibility index (Phi) is 5.88. The summed E-state index contributed by atoms with van der Waals surface area (Å²) in [7, 11) is 2.10. The topological polar surface area (TPSA) is 48.7 Å². The van der Waals surface area contributed by atoms with Crippen molar-refractivity contribution in [1.29, 1.82) is 0 Å². The van der Waals surface area contributed by atoms with E-state index in [4.69, 9.17) is 4.42 Å². The average molecular weight is 410 g/mol. The average Bonchev–Trinajstić information content (AvgIpc) is 3.04. The molecule has 1 aromatic carbocycles. The molecule has 3 rings (SSSR count). The van der Waals surface area contributed by atoms with E-state index in [0.29, 0.717) is 11.2 Å². The van der Waals surface area contributed by atoms with Gasteiger partial charge in [0.1, 0.15) is 5.82 Å². The van der Waals surface area contributed by atoms with Gasteiger partial charge in [0.05, 0.1) is 6.04 Å². The standard InChI is InChI=1S/C18H21BrFN3O2/c1-22-8-10-23(11-9-22)15(13-2-4-14(20)5-3-13)12-21-18(24)16-6-7-17(19)25-16/h2-7,15H,8-12H2,1H3,(H,21,24)/t15-/m0/s1. The highest BCUT2D eigenvalue weighted by Gasteiger charge is 2.25. The molecule has 134 valence electrons. The predicted molar refractivity (Wildman–Crippen MR) is 97.0 cm³/mol. The number of nitrogens with one attached hydrogen (secondary N) is 1. The van der Waals surface area contributed by atoms with Crippen LogP contribution in [-0.2, 0) is 0 Å². The number of carbonyl (C=O) groups is 1. The van der Waals surface area contributed by atoms with Gasteiger partial charge in [-0.25, -0.2) is 4.39 Å². The first-order valence-corrected chi connectivity index (χ1v) is 9.04. The maximum atomic E-state index is 13.3. The molecule has 1 atom stereocenters. The van der Waals surface area contributed by atoms with E-state index in [-0.39, 0.29) is 23.5 Å². The summed E-state index contributed by atoms with van der Waals surface area (Å²) in [5.41, 5.74) is 0.992. The second-order valence-corrected chi connectivity index (χ2v) is 7.00. The lowest BCUT2D eigenvalue weighted by atomic mass is 10.0. The lowest BCUT2D eigenvalue weighted by Gasteiger charge is -2.38. The van der Waals surface area contributed by atoms with Crippen molar-refractivity contribution in [2.45, 2.75) is 6.04 Å². The van der Waals surface area contributed by atoms with Crippen LogP contribution in [0.4, 0.5) is 4.39 Å². The molecule has 7 heteroatoms. The SMILES string of the molecule is CN1CCN([C@@H](CNC(=O)c2ccc(Br)o2)c2ccc(F)cc2)CC1. The summed E-state index contributed by atoms with van der Waals surface area (Å²) in [5, 5.41) is 2.93. The molecule has 1 amide bonds. The fourth-order valence-electron chi connectivity index (χ4n) is 2.99. The van der Waals surface area contributed by atoms with Crippen molar-refractivity contribution in [1.82, 2.24) is 15.1 Å². The Morgan fingerprint density at radius 2 is 1.88 bits per heavy atom. The minimum Gasteiger partial charge on any atom is -0.444 e. The lowest BCUT2D eigenvalue weighted by Crippen LogP contribution is -2.48. The summed E-state index contributed by atoms with van der Waals surface area (Å²) in [6.45, 7) is 4.18. The zero-order valence-electron chi connectivity index (χ0n) is 14.0. The molecule has 2 heterocycles. The normalized spacial score (nSPS) is 17.4. The van der Waals surface area contributed by atoms with E-state index in [2.05, 4.69) is 38.1 Å². The van der Waals surface area contributed by atoms with E-state index < -0.39 is 0 Å². The molecule has 1 fully saturated rings. The van der Waals surface area contributed by atoms with Gasteiger partial charge in [0.25, 0.3) is 5.91 Å². The molecular formula is C18H21BrFN3O2. The smallest absolute Gasteiger partial charge is 0.287 e. The molecule has 1 aliphatic heterocycles. The van der Waals surface area contributed by atoms with Gasteiger partial charge in [-0.15, -0.1) is 0 Å². The van der Waals surface area contributed by atoms with Crippen molar-refractivity contribution < 1.29 is 13.6 Å². The predicted octanol–water partition coefficient (Wildman–Crippen LogP) is 2.90. The number of carbonyl (C=O) groups excluding carboxylic acids is 1. The Hall–Kier alpha value is -1.70. The van der Waals surface area contributed by atoms with Gasteiger partial charge >= 0.3 is 0 Å². The van der Waals surface area contributed by atoms with Gasteiger partial charge in [-0.3, -0.25) is 9.69 Å². The number of amides is 1. The van der Waals surface area contributed by atoms with E-state index >= 15 is 0 Å². The van der Waals surface area contributed by atoms with Crippen LogP contribution in [0.2, 0.25) is 0 Å². The third kappa shape index (κ3) is 4.68. The Labute approximate surface area is 154 Å². The van der Waals surface area contributed by atoms with Gasteiger partial charge in [-0.05, 0) is 52.8 Å². The fraction of sp³-hybridized carbons (Fsp3) is 0.389. The highest BCUT2D eigenvalue weighted by molar-refractivity contribution is 9.10. The van der Waals surface area contributed by atoms with Crippen molar-refractivity contribution in [3.05, 3.63) is 58.2 Å². The lowest BCUT2D eigenvalue weighted by molar-refractivity contribution is 0.0861. The van der Waals surface area contributed by atoms with E-state index in [1.165, 1.54) is 12.1 Å². The van der Waals surface area contributed by atoms with Crippen LogP contribution in [0.15, 0.2) is 45.5 Å². The molecule has 1 aliphatic rings. The minimum atomic E-state index is -0.259. The fourth-order valence-corrected chi connectivity index (χ4v) is 3.30. The molecule has 5 nitrogen and oxygen atoms in total. The molecule has 0 bridgehead atoms. The summed E-state index contributed by atoms with van der Waals surface area (Å²) in [6, 6.07) is 9.81. The van der Waals surface area contributed by atoms with Crippen molar-refractivity contribution in [3.8, 4) is 0 Å². The highest BCUT2D eigenvalue weighted by Crippen LogP contribution is 2.22. The molecule has 0 saturated carbocycles. The van der Waals surface area contributed by atoms with Crippen LogP contribution in [0.1, 0.15) is 22.2 Å². The van der Waals surface area contributed by atoms with Crippen molar-refractivity contribution in [2.24, 2.45) is 0 Å². The minimum absolute atomic E-state index is 0.00310. The Balaban J connectivity index is 1.71. The first kappa shape index (κ1) is 18.1. The van der Waals surface area contributed by atoms with Crippen LogP contribution < -0.4 is 5.32 Å². The monoisotopic (exact) mass is 409 g/mol. The van der Waals surface area contributed by atoms with Gasteiger partial charge in [-0.2, -0.15) is 0 Å². The number of hydrogen-bond donors (Lipinski definition) is 1. The summed E-state index contributed by atoms with van der Waals surface area (Å²) in [6.07, 6.45) is 0. The van der Waals surface area contributed by atoms with Crippen LogP contribution >= 0.6 is 15.9 Å². The first-order valence-electron chi connectivity index (χ1n) is 8.24. The van der Waals surface area contributed by atoms with Gasteiger partial charge in [-0.1, -0.05) is 12.1 Å². The zero-order valence-corrected chi connectivity index (χ0v) is 15.6. The summed E-state index contributed by atoms with van der Waals surface area (Å²) >= 11 is 3.20. The van der Waals surface area contributed by atoms with Gasteiger partial charge in [0.15, 0.2) is 10.4 Å². The maximum absolute atomic E-state index is 13.3. The third-order valence-corrected chi connectivity index (χ3v) is 4.91. The van der Waals surface area contributed by atoms with Gasteiger partial charge in [0.2, 0.25) is 0 Å². The second kappa shape index (κ2) is 8.12. The molecule has 1 N–H and O–H groups in total. The molecule has 0 spiro atoms. The molecule has 0 radical (unpaired) electrons. The second-order valence-electron chi connectivity index (χ2n) is 6.22. The highest BCUT2D eigenvalue weighted by atomic mass is 79.9. The van der Waals surface area contributed by atoms with Crippen LogP contribution in [0.5, 0.6) is 0 Å². The third-order valence-electron chi connectivity index (χ3n) is 4.49. The number of furan rings is 1. The maximum Gasteiger partial charge on any atom is 0.287 e. The Morgan fingerprint density at radius 3 is 2.48 bits per heavy atom. The van der Waals surface area contributed by atoms with Crippen LogP contribution in [0.3, 0.4) is 0 Å².